The van der Waals surface area contributed by atoms with E-state index in [1.165, 1.54) is 17.6 Å². The van der Waals surface area contributed by atoms with Crippen LogP contribution in [0.1, 0.15) is 35.5 Å². The zero-order valence-corrected chi connectivity index (χ0v) is 14.6. The van der Waals surface area contributed by atoms with Gasteiger partial charge in [-0.15, -0.1) is 11.3 Å². The molecular formula is C17H21N3O3S. The third-order valence-corrected chi connectivity index (χ3v) is 6.31. The number of nitrogens with zero attached hydrogens (tertiary/aromatic N) is 2. The van der Waals surface area contributed by atoms with E-state index < -0.39 is 0 Å². The number of nitrogens with one attached hydrogen (secondary N) is 1. The highest BCUT2D eigenvalue weighted by Gasteiger charge is 2.26. The number of piperidine rings is 1. The average molecular weight is 347 g/mol. The molecule has 0 atom stereocenters. The third kappa shape index (κ3) is 2.75. The summed E-state index contributed by atoms with van der Waals surface area (Å²) in [6.07, 6.45) is 4.82. The lowest BCUT2D eigenvalue weighted by Crippen LogP contribution is -2.37. The van der Waals surface area contributed by atoms with Gasteiger partial charge in [-0.05, 0) is 50.8 Å². The fraction of sp³-hybridized carbons (Fsp3) is 0.588. The van der Waals surface area contributed by atoms with E-state index in [0.29, 0.717) is 6.54 Å². The smallest absolute Gasteiger partial charge is 0.308 e. The van der Waals surface area contributed by atoms with Crippen LogP contribution >= 0.6 is 11.3 Å². The van der Waals surface area contributed by atoms with E-state index in [-0.39, 0.29) is 17.4 Å². The summed E-state index contributed by atoms with van der Waals surface area (Å²) < 4.78 is 4.82. The molecule has 4 rings (SSSR count). The molecule has 0 unspecified atom stereocenters. The fourth-order valence-corrected chi connectivity index (χ4v) is 5.11. The van der Waals surface area contributed by atoms with E-state index in [2.05, 4.69) is 9.88 Å². The van der Waals surface area contributed by atoms with Crippen molar-refractivity contribution in [3.05, 3.63) is 26.6 Å². The quantitative estimate of drug-likeness (QED) is 0.858. The van der Waals surface area contributed by atoms with Gasteiger partial charge in [-0.2, -0.15) is 0 Å². The Morgan fingerprint density at radius 1 is 1.38 bits per heavy atom. The summed E-state index contributed by atoms with van der Waals surface area (Å²) in [6, 6.07) is 0. The number of aryl methyl sites for hydroxylation is 2. The zero-order valence-electron chi connectivity index (χ0n) is 13.8. The predicted molar refractivity (Wildman–Crippen MR) is 92.3 cm³/mol. The highest BCUT2D eigenvalue weighted by Crippen LogP contribution is 2.34. The number of carbonyl (C=O) groups excluding carboxylic acids is 1. The van der Waals surface area contributed by atoms with E-state index >= 15 is 0 Å². The molecule has 2 aromatic heterocycles. The minimum atomic E-state index is -0.115. The number of fused-ring (bicyclic) bond motifs is 3. The van der Waals surface area contributed by atoms with Crippen LogP contribution < -0.4 is 5.56 Å². The molecule has 0 amide bonds. The van der Waals surface area contributed by atoms with E-state index in [1.807, 2.05) is 0 Å². The van der Waals surface area contributed by atoms with Crippen molar-refractivity contribution in [2.75, 3.05) is 20.2 Å². The molecule has 1 fully saturated rings. The third-order valence-electron chi connectivity index (χ3n) is 5.12. The Kier molecular flexibility index (Phi) is 4.14. The van der Waals surface area contributed by atoms with Crippen LogP contribution in [-0.4, -0.2) is 41.0 Å². The van der Waals surface area contributed by atoms with E-state index in [4.69, 9.17) is 9.72 Å². The lowest BCUT2D eigenvalue weighted by atomic mass is 9.97. The molecule has 24 heavy (non-hydrogen) atoms. The van der Waals surface area contributed by atoms with Gasteiger partial charge in [0.05, 0.1) is 25.0 Å². The number of rotatable bonds is 3. The van der Waals surface area contributed by atoms with Crippen molar-refractivity contribution in [2.45, 2.75) is 38.6 Å². The first-order valence-corrected chi connectivity index (χ1v) is 9.31. The summed E-state index contributed by atoms with van der Waals surface area (Å²) in [6.45, 7) is 2.27. The highest BCUT2D eigenvalue weighted by atomic mass is 32.1. The molecule has 0 bridgehead atoms. The molecule has 1 aliphatic carbocycles. The lowest BCUT2D eigenvalue weighted by Gasteiger charge is -2.30. The number of H-pyrrole nitrogens is 1. The molecule has 128 valence electrons. The maximum atomic E-state index is 12.5. The van der Waals surface area contributed by atoms with Crippen LogP contribution in [0.4, 0.5) is 0 Å². The van der Waals surface area contributed by atoms with Gasteiger partial charge in [0.2, 0.25) is 0 Å². The Labute approximate surface area is 143 Å². The van der Waals surface area contributed by atoms with Crippen LogP contribution in [0.25, 0.3) is 10.2 Å². The molecule has 2 aliphatic rings. The second-order valence-electron chi connectivity index (χ2n) is 6.62. The molecule has 0 saturated carbocycles. The van der Waals surface area contributed by atoms with Gasteiger partial charge in [0.15, 0.2) is 0 Å². The molecule has 1 aliphatic heterocycles. The van der Waals surface area contributed by atoms with Crippen molar-refractivity contribution >= 4 is 27.5 Å². The van der Waals surface area contributed by atoms with Crippen molar-refractivity contribution in [2.24, 2.45) is 5.92 Å². The Hall–Kier alpha value is -1.73. The van der Waals surface area contributed by atoms with Gasteiger partial charge in [-0.25, -0.2) is 4.98 Å². The van der Waals surface area contributed by atoms with Crippen LogP contribution in [0.3, 0.4) is 0 Å². The van der Waals surface area contributed by atoms with Gasteiger partial charge in [-0.1, -0.05) is 0 Å². The SMILES string of the molecule is COC(=O)C1CCN(Cc2nc3sc4c(c3c(=O)[nH]2)CCC4)CC1. The molecule has 6 nitrogen and oxygen atoms in total. The molecule has 1 saturated heterocycles. The number of hydrogen-bond acceptors (Lipinski definition) is 6. The summed E-state index contributed by atoms with van der Waals surface area (Å²) in [5.41, 5.74) is 1.22. The Morgan fingerprint density at radius 2 is 2.17 bits per heavy atom. The summed E-state index contributed by atoms with van der Waals surface area (Å²) >= 11 is 1.67. The van der Waals surface area contributed by atoms with Crippen molar-refractivity contribution in [3.8, 4) is 0 Å². The van der Waals surface area contributed by atoms with Crippen molar-refractivity contribution in [1.29, 1.82) is 0 Å². The Morgan fingerprint density at radius 3 is 2.92 bits per heavy atom. The molecule has 7 heteroatoms. The second kappa shape index (κ2) is 6.29. The fourth-order valence-electron chi connectivity index (χ4n) is 3.83. The number of aromatic nitrogens is 2. The van der Waals surface area contributed by atoms with E-state index in [1.54, 1.807) is 11.3 Å². The van der Waals surface area contributed by atoms with Gasteiger partial charge >= 0.3 is 5.97 Å². The molecule has 3 heterocycles. The average Bonchev–Trinajstić information content (AvgIpc) is 3.15. The first-order valence-electron chi connectivity index (χ1n) is 8.49. The predicted octanol–water partition coefficient (Wildman–Crippen LogP) is 1.86. The number of carbonyl (C=O) groups is 1. The van der Waals surface area contributed by atoms with Crippen molar-refractivity contribution < 1.29 is 9.53 Å². The molecular weight excluding hydrogens is 326 g/mol. The van der Waals surface area contributed by atoms with Crippen LogP contribution in [0.2, 0.25) is 0 Å². The lowest BCUT2D eigenvalue weighted by molar-refractivity contribution is -0.147. The zero-order chi connectivity index (χ0) is 16.7. The number of aromatic amines is 1. The van der Waals surface area contributed by atoms with E-state index in [9.17, 15) is 9.59 Å². The minimum Gasteiger partial charge on any atom is -0.469 e. The number of esters is 1. The van der Waals surface area contributed by atoms with E-state index in [0.717, 1.165) is 61.2 Å². The largest absolute Gasteiger partial charge is 0.469 e. The Bertz CT molecular complexity index is 833. The standard InChI is InChI=1S/C17H21N3O3S/c1-23-17(22)10-5-7-20(8-6-10)9-13-18-15(21)14-11-3-2-4-12(11)24-16(14)19-13/h10H,2-9H2,1H3,(H,18,19,21). The normalized spacial score (nSPS) is 18.9. The van der Waals surface area contributed by atoms with Gasteiger partial charge in [0.1, 0.15) is 10.7 Å². The number of methoxy groups -OCH3 is 1. The minimum absolute atomic E-state index is 0.000934. The summed E-state index contributed by atoms with van der Waals surface area (Å²) in [4.78, 5) is 36.2. The van der Waals surface area contributed by atoms with Gasteiger partial charge in [0, 0.05) is 4.88 Å². The number of ether oxygens (including phenoxy) is 1. The first kappa shape index (κ1) is 15.8. The highest BCUT2D eigenvalue weighted by molar-refractivity contribution is 7.18. The van der Waals surface area contributed by atoms with Crippen LogP contribution in [0.15, 0.2) is 4.79 Å². The maximum absolute atomic E-state index is 12.5. The van der Waals surface area contributed by atoms with Gasteiger partial charge in [0.25, 0.3) is 5.56 Å². The van der Waals surface area contributed by atoms with Crippen molar-refractivity contribution in [1.82, 2.24) is 14.9 Å². The topological polar surface area (TPSA) is 75.3 Å². The number of thiophene rings is 1. The summed E-state index contributed by atoms with van der Waals surface area (Å²) in [5, 5.41) is 0.806. The monoisotopic (exact) mass is 347 g/mol. The van der Waals surface area contributed by atoms with Crippen LogP contribution in [-0.2, 0) is 28.9 Å². The second-order valence-corrected chi connectivity index (χ2v) is 7.71. The number of likely N-dealkylation sites (tertiary alicyclic amines) is 1. The molecule has 0 spiro atoms. The Balaban J connectivity index is 1.50. The van der Waals surface area contributed by atoms with Crippen molar-refractivity contribution in [3.63, 3.8) is 0 Å². The molecule has 2 aromatic rings. The molecule has 1 N–H and O–H groups in total. The first-order chi connectivity index (χ1) is 11.7. The van der Waals surface area contributed by atoms with Gasteiger partial charge < -0.3 is 9.72 Å². The molecule has 0 aromatic carbocycles. The van der Waals surface area contributed by atoms with Gasteiger partial charge in [-0.3, -0.25) is 14.5 Å². The maximum Gasteiger partial charge on any atom is 0.308 e. The van der Waals surface area contributed by atoms with Crippen LogP contribution in [0.5, 0.6) is 0 Å². The number of hydrogen-bond donors (Lipinski definition) is 1. The summed E-state index contributed by atoms with van der Waals surface area (Å²) in [5.74, 6) is 0.612. The van der Waals surface area contributed by atoms with Crippen LogP contribution in [0, 0.1) is 5.92 Å². The molecule has 0 radical (unpaired) electrons. The summed E-state index contributed by atoms with van der Waals surface area (Å²) in [7, 11) is 1.44.